The highest BCUT2D eigenvalue weighted by molar-refractivity contribution is 4.92. The highest BCUT2D eigenvalue weighted by atomic mass is 16.5. The van der Waals surface area contributed by atoms with Crippen LogP contribution in [-0.4, -0.2) is 49.3 Å². The number of nitrogens with zero attached hydrogens (tertiary/aromatic N) is 1. The molecule has 104 valence electrons. The van der Waals surface area contributed by atoms with Crippen LogP contribution in [0.5, 0.6) is 0 Å². The molecule has 0 amide bonds. The molecule has 0 aromatic heterocycles. The van der Waals surface area contributed by atoms with E-state index in [9.17, 15) is 0 Å². The smallest absolute Gasteiger partial charge is 0.0852 e. The first kappa shape index (κ1) is 12.9. The zero-order valence-corrected chi connectivity index (χ0v) is 11.7. The molecule has 3 heteroatoms. The molecule has 3 unspecified atom stereocenters. The lowest BCUT2D eigenvalue weighted by Crippen LogP contribution is -2.53. The minimum Gasteiger partial charge on any atom is -0.374 e. The summed E-state index contributed by atoms with van der Waals surface area (Å²) < 4.78 is 5.96. The van der Waals surface area contributed by atoms with Gasteiger partial charge in [-0.25, -0.2) is 0 Å². The molecule has 0 aromatic carbocycles. The molecular formula is C15H28N2O. The second-order valence-corrected chi connectivity index (χ2v) is 6.35. The fourth-order valence-electron chi connectivity index (χ4n) is 4.28. The first-order valence-electron chi connectivity index (χ1n) is 7.94. The van der Waals surface area contributed by atoms with Crippen LogP contribution in [0.1, 0.15) is 45.4 Å². The molecule has 2 aliphatic heterocycles. The lowest BCUT2D eigenvalue weighted by Gasteiger charge is -2.39. The molecular weight excluding hydrogens is 224 g/mol. The van der Waals surface area contributed by atoms with Crippen molar-refractivity contribution in [2.75, 3.05) is 26.2 Å². The third kappa shape index (κ3) is 2.59. The van der Waals surface area contributed by atoms with E-state index in [0.717, 1.165) is 31.7 Å². The average molecular weight is 252 g/mol. The number of hydrogen-bond donors (Lipinski definition) is 1. The van der Waals surface area contributed by atoms with Gasteiger partial charge in [0.15, 0.2) is 0 Å². The van der Waals surface area contributed by atoms with Crippen molar-refractivity contribution in [2.24, 2.45) is 5.92 Å². The van der Waals surface area contributed by atoms with E-state index in [4.69, 9.17) is 4.74 Å². The van der Waals surface area contributed by atoms with Crippen LogP contribution >= 0.6 is 0 Å². The Balaban J connectivity index is 1.61. The van der Waals surface area contributed by atoms with Gasteiger partial charge in [0.1, 0.15) is 0 Å². The Labute approximate surface area is 111 Å². The largest absolute Gasteiger partial charge is 0.374 e. The Morgan fingerprint density at radius 3 is 2.72 bits per heavy atom. The van der Waals surface area contributed by atoms with Crippen LogP contribution in [0.2, 0.25) is 0 Å². The first-order chi connectivity index (χ1) is 8.86. The summed E-state index contributed by atoms with van der Waals surface area (Å²) in [6, 6.07) is 1.44. The summed E-state index contributed by atoms with van der Waals surface area (Å²) in [5, 5.41) is 3.47. The predicted molar refractivity (Wildman–Crippen MR) is 73.8 cm³/mol. The number of hydrogen-bond acceptors (Lipinski definition) is 3. The summed E-state index contributed by atoms with van der Waals surface area (Å²) in [6.45, 7) is 6.62. The lowest BCUT2D eigenvalue weighted by molar-refractivity contribution is -0.0346. The molecule has 3 nitrogen and oxygen atoms in total. The molecule has 2 heterocycles. The first-order valence-corrected chi connectivity index (χ1v) is 7.94. The van der Waals surface area contributed by atoms with Gasteiger partial charge < -0.3 is 10.1 Å². The summed E-state index contributed by atoms with van der Waals surface area (Å²) >= 11 is 0. The van der Waals surface area contributed by atoms with E-state index in [0.29, 0.717) is 12.1 Å². The normalized spacial score (nSPS) is 37.2. The number of nitrogens with one attached hydrogen (secondary N) is 1. The fraction of sp³-hybridized carbons (Fsp3) is 1.00. The van der Waals surface area contributed by atoms with Gasteiger partial charge in [0.25, 0.3) is 0 Å². The fourth-order valence-corrected chi connectivity index (χ4v) is 4.28. The molecule has 2 saturated heterocycles. The summed E-state index contributed by atoms with van der Waals surface area (Å²) in [6.07, 6.45) is 9.09. The second-order valence-electron chi connectivity index (χ2n) is 6.35. The van der Waals surface area contributed by atoms with Crippen LogP contribution in [0, 0.1) is 5.92 Å². The molecule has 18 heavy (non-hydrogen) atoms. The van der Waals surface area contributed by atoms with Crippen LogP contribution < -0.4 is 5.32 Å². The molecule has 0 spiro atoms. The van der Waals surface area contributed by atoms with Gasteiger partial charge in [-0.3, -0.25) is 4.90 Å². The van der Waals surface area contributed by atoms with Gasteiger partial charge in [-0.2, -0.15) is 0 Å². The van der Waals surface area contributed by atoms with Crippen molar-refractivity contribution in [3.8, 4) is 0 Å². The van der Waals surface area contributed by atoms with Crippen LogP contribution in [0.25, 0.3) is 0 Å². The third-order valence-corrected chi connectivity index (χ3v) is 5.30. The van der Waals surface area contributed by atoms with E-state index >= 15 is 0 Å². The summed E-state index contributed by atoms with van der Waals surface area (Å²) in [7, 11) is 0. The van der Waals surface area contributed by atoms with Gasteiger partial charge in [-0.15, -0.1) is 0 Å². The standard InChI is InChI=1S/C15H28N2O/c1-12(15-11-16-8-10-18-15)17-9-4-7-14(17)13-5-2-3-6-13/h12-16H,2-11H2,1H3. The molecule has 3 atom stereocenters. The average Bonchev–Trinajstić information content (AvgIpc) is 3.09. The highest BCUT2D eigenvalue weighted by Gasteiger charge is 2.38. The van der Waals surface area contributed by atoms with Gasteiger partial charge in [0.05, 0.1) is 12.7 Å². The van der Waals surface area contributed by atoms with E-state index in [-0.39, 0.29) is 0 Å². The Hall–Kier alpha value is -0.120. The zero-order chi connectivity index (χ0) is 12.4. The number of rotatable bonds is 3. The van der Waals surface area contributed by atoms with Crippen LogP contribution in [0.15, 0.2) is 0 Å². The van der Waals surface area contributed by atoms with Crippen LogP contribution in [0.4, 0.5) is 0 Å². The molecule has 1 N–H and O–H groups in total. The Morgan fingerprint density at radius 1 is 1.17 bits per heavy atom. The maximum atomic E-state index is 5.96. The molecule has 1 saturated carbocycles. The van der Waals surface area contributed by atoms with Gasteiger partial charge in [0.2, 0.25) is 0 Å². The SMILES string of the molecule is CC(C1CNCCO1)N1CCCC1C1CCCC1. The lowest BCUT2D eigenvalue weighted by atomic mass is 9.94. The quantitative estimate of drug-likeness (QED) is 0.831. The van der Waals surface area contributed by atoms with E-state index in [1.54, 1.807) is 0 Å². The minimum atomic E-state index is 0.403. The molecule has 3 rings (SSSR count). The maximum absolute atomic E-state index is 5.96. The van der Waals surface area contributed by atoms with Crippen LogP contribution in [-0.2, 0) is 4.74 Å². The second kappa shape index (κ2) is 5.89. The van der Waals surface area contributed by atoms with Crippen molar-refractivity contribution in [3.05, 3.63) is 0 Å². The minimum absolute atomic E-state index is 0.403. The van der Waals surface area contributed by atoms with Crippen molar-refractivity contribution in [2.45, 2.75) is 63.6 Å². The van der Waals surface area contributed by atoms with Crippen molar-refractivity contribution < 1.29 is 4.74 Å². The number of likely N-dealkylation sites (tertiary alicyclic amines) is 1. The van der Waals surface area contributed by atoms with E-state index < -0.39 is 0 Å². The van der Waals surface area contributed by atoms with Gasteiger partial charge in [-0.1, -0.05) is 12.8 Å². The predicted octanol–water partition coefficient (Wildman–Crippen LogP) is 2.02. The van der Waals surface area contributed by atoms with E-state index in [1.807, 2.05) is 0 Å². The summed E-state index contributed by atoms with van der Waals surface area (Å²) in [5.74, 6) is 0.978. The van der Waals surface area contributed by atoms with E-state index in [2.05, 4.69) is 17.1 Å². The van der Waals surface area contributed by atoms with Gasteiger partial charge in [-0.05, 0) is 45.1 Å². The topological polar surface area (TPSA) is 24.5 Å². The Morgan fingerprint density at radius 2 is 2.00 bits per heavy atom. The molecule has 0 aromatic rings. The molecule has 0 radical (unpaired) electrons. The third-order valence-electron chi connectivity index (χ3n) is 5.30. The van der Waals surface area contributed by atoms with Crippen molar-refractivity contribution in [1.29, 1.82) is 0 Å². The molecule has 1 aliphatic carbocycles. The van der Waals surface area contributed by atoms with Gasteiger partial charge in [0, 0.05) is 25.2 Å². The Bertz CT molecular complexity index is 259. The maximum Gasteiger partial charge on any atom is 0.0852 e. The van der Waals surface area contributed by atoms with Gasteiger partial charge >= 0.3 is 0 Å². The van der Waals surface area contributed by atoms with Crippen molar-refractivity contribution in [3.63, 3.8) is 0 Å². The van der Waals surface area contributed by atoms with E-state index in [1.165, 1.54) is 45.1 Å². The summed E-state index contributed by atoms with van der Waals surface area (Å²) in [5.41, 5.74) is 0. The monoisotopic (exact) mass is 252 g/mol. The highest BCUT2D eigenvalue weighted by Crippen LogP contribution is 2.36. The Kier molecular flexibility index (Phi) is 4.22. The molecule has 3 fully saturated rings. The van der Waals surface area contributed by atoms with Crippen LogP contribution in [0.3, 0.4) is 0 Å². The number of morpholine rings is 1. The zero-order valence-electron chi connectivity index (χ0n) is 11.7. The van der Waals surface area contributed by atoms with Crippen molar-refractivity contribution in [1.82, 2.24) is 10.2 Å². The number of ether oxygens (including phenoxy) is 1. The van der Waals surface area contributed by atoms with Crippen molar-refractivity contribution >= 4 is 0 Å². The molecule has 3 aliphatic rings. The molecule has 0 bridgehead atoms. The summed E-state index contributed by atoms with van der Waals surface area (Å²) in [4.78, 5) is 2.77.